The lowest BCUT2D eigenvalue weighted by Crippen LogP contribution is -2.37. The van der Waals surface area contributed by atoms with Gasteiger partial charge in [-0.2, -0.15) is 4.31 Å². The lowest BCUT2D eigenvalue weighted by molar-refractivity contribution is 0.333. The molecule has 1 aromatic rings. The van der Waals surface area contributed by atoms with Gasteiger partial charge >= 0.3 is 0 Å². The number of hydrogen-bond acceptors (Lipinski definition) is 3. The molecule has 2 bridgehead atoms. The molecule has 1 aliphatic heterocycles. The minimum absolute atomic E-state index is 0.227. The van der Waals surface area contributed by atoms with Gasteiger partial charge in [0.2, 0.25) is 10.0 Å². The maximum Gasteiger partial charge on any atom is 0.245 e. The third kappa shape index (κ3) is 1.73. The van der Waals surface area contributed by atoms with Gasteiger partial charge in [0.1, 0.15) is 4.90 Å². The van der Waals surface area contributed by atoms with Crippen LogP contribution in [-0.2, 0) is 10.0 Å². The second-order valence-corrected chi connectivity index (χ2v) is 7.01. The Morgan fingerprint density at radius 2 is 2.06 bits per heavy atom. The summed E-state index contributed by atoms with van der Waals surface area (Å²) in [6, 6.07) is 7.35. The van der Waals surface area contributed by atoms with Gasteiger partial charge in [-0.3, -0.25) is 0 Å². The van der Waals surface area contributed by atoms with Gasteiger partial charge in [-0.1, -0.05) is 12.1 Å². The molecule has 4 nitrogen and oxygen atoms in total. The second kappa shape index (κ2) is 4.24. The summed E-state index contributed by atoms with van der Waals surface area (Å²) >= 11 is 0. The highest BCUT2D eigenvalue weighted by Gasteiger charge is 2.44. The molecule has 1 saturated heterocycles. The molecule has 2 atom stereocenters. The van der Waals surface area contributed by atoms with Crippen molar-refractivity contribution >= 4 is 15.7 Å². The molecule has 2 fully saturated rings. The zero-order valence-electron chi connectivity index (χ0n) is 10.5. The number of rotatable bonds is 3. The van der Waals surface area contributed by atoms with Crippen molar-refractivity contribution in [3.63, 3.8) is 0 Å². The first kappa shape index (κ1) is 12.0. The number of sulfonamides is 1. The highest BCUT2D eigenvalue weighted by Crippen LogP contribution is 2.41. The molecule has 3 rings (SSSR count). The van der Waals surface area contributed by atoms with Crippen molar-refractivity contribution in [2.45, 2.75) is 30.2 Å². The Hall–Kier alpha value is -1.07. The van der Waals surface area contributed by atoms with Crippen LogP contribution in [0.15, 0.2) is 29.2 Å². The topological polar surface area (TPSA) is 49.4 Å². The standard InChI is InChI=1S/C13H18N2O2S/c1-14-12-4-2-3-5-13(12)18(16,17)15-9-10-6-7-11(15)8-10/h2-5,10-11,14H,6-9H2,1H3. The minimum Gasteiger partial charge on any atom is -0.387 e. The summed E-state index contributed by atoms with van der Waals surface area (Å²) in [6.07, 6.45) is 3.25. The second-order valence-electron chi connectivity index (χ2n) is 5.15. The van der Waals surface area contributed by atoms with E-state index in [9.17, 15) is 8.42 Å². The first-order valence-electron chi connectivity index (χ1n) is 6.41. The number of nitrogens with zero attached hydrogens (tertiary/aromatic N) is 1. The molecule has 0 aromatic heterocycles. The predicted octanol–water partition coefficient (Wildman–Crippen LogP) is 1.90. The normalized spacial score (nSPS) is 27.6. The maximum atomic E-state index is 12.7. The molecule has 18 heavy (non-hydrogen) atoms. The number of piperidine rings is 1. The Bertz CT molecular complexity index is 556. The van der Waals surface area contributed by atoms with Gasteiger partial charge in [0.15, 0.2) is 0 Å². The van der Waals surface area contributed by atoms with Gasteiger partial charge in [0.25, 0.3) is 0 Å². The molecule has 1 saturated carbocycles. The van der Waals surface area contributed by atoms with E-state index in [1.807, 2.05) is 6.07 Å². The Morgan fingerprint density at radius 1 is 1.28 bits per heavy atom. The van der Waals surface area contributed by atoms with Gasteiger partial charge in [-0.15, -0.1) is 0 Å². The monoisotopic (exact) mass is 266 g/mol. The predicted molar refractivity (Wildman–Crippen MR) is 71.0 cm³/mol. The van der Waals surface area contributed by atoms with Crippen molar-refractivity contribution in [1.82, 2.24) is 4.31 Å². The van der Waals surface area contributed by atoms with Crippen LogP contribution < -0.4 is 5.32 Å². The molecule has 0 spiro atoms. The fraction of sp³-hybridized carbons (Fsp3) is 0.538. The minimum atomic E-state index is -3.34. The largest absolute Gasteiger partial charge is 0.387 e. The van der Waals surface area contributed by atoms with Crippen LogP contribution in [0.3, 0.4) is 0 Å². The SMILES string of the molecule is CNc1ccccc1S(=O)(=O)N1CC2CCC1C2. The smallest absolute Gasteiger partial charge is 0.245 e. The highest BCUT2D eigenvalue weighted by atomic mass is 32.2. The summed E-state index contributed by atoms with van der Waals surface area (Å²) in [4.78, 5) is 0.403. The molecule has 0 amide bonds. The zero-order valence-corrected chi connectivity index (χ0v) is 11.3. The van der Waals surface area contributed by atoms with E-state index in [1.165, 1.54) is 6.42 Å². The fourth-order valence-corrected chi connectivity index (χ4v) is 5.14. The van der Waals surface area contributed by atoms with Gasteiger partial charge in [0.05, 0.1) is 5.69 Å². The van der Waals surface area contributed by atoms with Crippen molar-refractivity contribution in [2.24, 2.45) is 5.92 Å². The number of anilines is 1. The molecule has 1 N–H and O–H groups in total. The van der Waals surface area contributed by atoms with Crippen LogP contribution in [-0.4, -0.2) is 32.4 Å². The third-order valence-corrected chi connectivity index (χ3v) is 6.08. The number of fused-ring (bicyclic) bond motifs is 2. The van der Waals surface area contributed by atoms with Crippen LogP contribution in [0, 0.1) is 5.92 Å². The maximum absolute atomic E-state index is 12.7. The van der Waals surface area contributed by atoms with E-state index in [0.29, 0.717) is 23.0 Å². The van der Waals surface area contributed by atoms with Gasteiger partial charge in [-0.25, -0.2) is 8.42 Å². The summed E-state index contributed by atoms with van der Waals surface area (Å²) in [5, 5.41) is 2.96. The van der Waals surface area contributed by atoms with E-state index < -0.39 is 10.0 Å². The highest BCUT2D eigenvalue weighted by molar-refractivity contribution is 7.89. The van der Waals surface area contributed by atoms with Crippen molar-refractivity contribution in [3.05, 3.63) is 24.3 Å². The molecular weight excluding hydrogens is 248 g/mol. The number of nitrogens with one attached hydrogen (secondary N) is 1. The summed E-state index contributed by atoms with van der Waals surface area (Å²) in [5.41, 5.74) is 0.681. The fourth-order valence-electron chi connectivity index (χ4n) is 3.20. The van der Waals surface area contributed by atoms with E-state index in [0.717, 1.165) is 12.8 Å². The number of hydrogen-bond donors (Lipinski definition) is 1. The summed E-state index contributed by atoms with van der Waals surface area (Å²) in [5.74, 6) is 0.575. The molecule has 98 valence electrons. The lowest BCUT2D eigenvalue weighted by Gasteiger charge is -2.27. The van der Waals surface area contributed by atoms with Crippen LogP contribution in [0.5, 0.6) is 0 Å². The Kier molecular flexibility index (Phi) is 2.83. The number of para-hydroxylation sites is 1. The van der Waals surface area contributed by atoms with E-state index in [-0.39, 0.29) is 6.04 Å². The van der Waals surface area contributed by atoms with Gasteiger partial charge in [0, 0.05) is 19.6 Å². The van der Waals surface area contributed by atoms with Crippen LogP contribution in [0.2, 0.25) is 0 Å². The van der Waals surface area contributed by atoms with Crippen LogP contribution in [0.25, 0.3) is 0 Å². The van der Waals surface area contributed by atoms with Crippen LogP contribution in [0.4, 0.5) is 5.69 Å². The summed E-state index contributed by atoms with van der Waals surface area (Å²) in [6.45, 7) is 0.699. The molecule has 1 heterocycles. The Balaban J connectivity index is 2.00. The Morgan fingerprint density at radius 3 is 2.67 bits per heavy atom. The van der Waals surface area contributed by atoms with E-state index in [4.69, 9.17) is 0 Å². The van der Waals surface area contributed by atoms with Crippen molar-refractivity contribution < 1.29 is 8.42 Å². The van der Waals surface area contributed by atoms with Crippen molar-refractivity contribution in [3.8, 4) is 0 Å². The average molecular weight is 266 g/mol. The average Bonchev–Trinajstić information content (AvgIpc) is 3.01. The first-order chi connectivity index (χ1) is 8.63. The zero-order chi connectivity index (χ0) is 12.8. The van der Waals surface area contributed by atoms with Crippen molar-refractivity contribution in [1.29, 1.82) is 0 Å². The van der Waals surface area contributed by atoms with Gasteiger partial charge in [-0.05, 0) is 37.3 Å². The molecule has 1 aromatic carbocycles. The van der Waals surface area contributed by atoms with Gasteiger partial charge < -0.3 is 5.32 Å². The molecule has 0 radical (unpaired) electrons. The first-order valence-corrected chi connectivity index (χ1v) is 7.85. The summed E-state index contributed by atoms with van der Waals surface area (Å²) < 4.78 is 27.1. The van der Waals surface area contributed by atoms with E-state index >= 15 is 0 Å². The number of benzene rings is 1. The van der Waals surface area contributed by atoms with Crippen LogP contribution in [0.1, 0.15) is 19.3 Å². The molecule has 2 unspecified atom stereocenters. The molecule has 5 heteroatoms. The van der Waals surface area contributed by atoms with Crippen molar-refractivity contribution in [2.75, 3.05) is 18.9 Å². The molecule has 1 aliphatic carbocycles. The summed E-state index contributed by atoms with van der Waals surface area (Å²) in [7, 11) is -1.59. The van der Waals surface area contributed by atoms with E-state index in [2.05, 4.69) is 5.32 Å². The molecule has 2 aliphatic rings. The third-order valence-electron chi connectivity index (χ3n) is 4.10. The quantitative estimate of drug-likeness (QED) is 0.909. The lowest BCUT2D eigenvalue weighted by atomic mass is 10.1. The molecular formula is C13H18N2O2S. The van der Waals surface area contributed by atoms with E-state index in [1.54, 1.807) is 29.6 Å². The van der Waals surface area contributed by atoms with Crippen LogP contribution >= 0.6 is 0 Å². The Labute approximate surface area is 108 Å².